The van der Waals surface area contributed by atoms with Crippen LogP contribution < -0.4 is 24.8 Å². The van der Waals surface area contributed by atoms with Crippen LogP contribution in [0.25, 0.3) is 10.9 Å². The molecule has 0 aliphatic heterocycles. The lowest BCUT2D eigenvalue weighted by Gasteiger charge is -2.23. The maximum atomic E-state index is 12.2. The number of ether oxygens (including phenoxy) is 3. The molecule has 8 heteroatoms. The number of methoxy groups -OCH3 is 2. The van der Waals surface area contributed by atoms with Gasteiger partial charge in [0.1, 0.15) is 11.5 Å². The molecule has 0 bridgehead atoms. The average molecular weight is 464 g/mol. The minimum absolute atomic E-state index is 0.577. The number of carbonyl (C=O) groups is 1. The summed E-state index contributed by atoms with van der Waals surface area (Å²) >= 11 is 6.05. The Hall–Kier alpha value is -3.97. The molecule has 0 saturated carbocycles. The van der Waals surface area contributed by atoms with Gasteiger partial charge in [-0.2, -0.15) is 0 Å². The molecule has 33 heavy (non-hydrogen) atoms. The van der Waals surface area contributed by atoms with E-state index in [-0.39, 0.29) is 0 Å². The Morgan fingerprint density at radius 2 is 1.64 bits per heavy atom. The van der Waals surface area contributed by atoms with Crippen molar-refractivity contribution in [2.75, 3.05) is 19.1 Å². The second-order valence-electron chi connectivity index (χ2n) is 7.23. The molecule has 7 nitrogen and oxygen atoms in total. The van der Waals surface area contributed by atoms with E-state index in [2.05, 4.69) is 4.98 Å². The quantitative estimate of drug-likeness (QED) is 0.366. The van der Waals surface area contributed by atoms with Gasteiger partial charge in [0.25, 0.3) is 0 Å². The molecule has 0 aliphatic rings. The third-order valence-corrected chi connectivity index (χ3v) is 5.38. The minimum Gasteiger partial charge on any atom is -0.493 e. The van der Waals surface area contributed by atoms with Crippen LogP contribution in [0.1, 0.15) is 5.56 Å². The van der Waals surface area contributed by atoms with Gasteiger partial charge >= 0.3 is 6.03 Å². The number of pyridine rings is 1. The molecule has 0 saturated heterocycles. The lowest BCUT2D eigenvalue weighted by molar-refractivity contribution is 0.256. The molecule has 4 rings (SSSR count). The van der Waals surface area contributed by atoms with Crippen LogP contribution in [-0.2, 0) is 0 Å². The Morgan fingerprint density at radius 3 is 2.27 bits per heavy atom. The molecule has 0 aliphatic carbocycles. The molecule has 0 fully saturated rings. The first-order chi connectivity index (χ1) is 15.9. The maximum absolute atomic E-state index is 12.2. The van der Waals surface area contributed by atoms with E-state index in [0.29, 0.717) is 44.9 Å². The highest BCUT2D eigenvalue weighted by Crippen LogP contribution is 2.37. The van der Waals surface area contributed by atoms with Crippen molar-refractivity contribution >= 4 is 39.9 Å². The van der Waals surface area contributed by atoms with Gasteiger partial charge in [0.05, 0.1) is 31.1 Å². The number of hydrogen-bond acceptors (Lipinski definition) is 5. The summed E-state index contributed by atoms with van der Waals surface area (Å²) in [6.07, 6.45) is 1.66. The zero-order chi connectivity index (χ0) is 23.5. The van der Waals surface area contributed by atoms with Gasteiger partial charge in [-0.3, -0.25) is 9.88 Å². The van der Waals surface area contributed by atoms with Crippen molar-refractivity contribution in [1.82, 2.24) is 4.98 Å². The van der Waals surface area contributed by atoms with Crippen molar-refractivity contribution in [3.8, 4) is 23.0 Å². The Kier molecular flexibility index (Phi) is 6.24. The zero-order valence-corrected chi connectivity index (χ0v) is 19.1. The number of carbonyl (C=O) groups excluding carboxylic acids is 1. The Bertz CT molecular complexity index is 1330. The summed E-state index contributed by atoms with van der Waals surface area (Å²) in [5, 5.41) is 1.36. The van der Waals surface area contributed by atoms with Crippen LogP contribution in [0.5, 0.6) is 23.0 Å². The number of fused-ring (bicyclic) bond motifs is 1. The Labute approximate surface area is 196 Å². The van der Waals surface area contributed by atoms with E-state index in [1.165, 1.54) is 4.90 Å². The number of amides is 2. The van der Waals surface area contributed by atoms with Gasteiger partial charge in [0, 0.05) is 22.7 Å². The molecule has 2 N–H and O–H groups in total. The highest BCUT2D eigenvalue weighted by atomic mass is 35.5. The summed E-state index contributed by atoms with van der Waals surface area (Å²) in [7, 11) is 3.15. The summed E-state index contributed by atoms with van der Waals surface area (Å²) in [5.41, 5.74) is 8.47. The Balaban J connectivity index is 1.66. The topological polar surface area (TPSA) is 86.9 Å². The maximum Gasteiger partial charge on any atom is 0.323 e. The number of benzene rings is 3. The number of aromatic nitrogens is 1. The third-order valence-electron chi connectivity index (χ3n) is 5.15. The van der Waals surface area contributed by atoms with Crippen LogP contribution in [0.4, 0.5) is 16.2 Å². The van der Waals surface area contributed by atoms with E-state index in [1.54, 1.807) is 75.0 Å². The summed E-state index contributed by atoms with van der Waals surface area (Å²) in [5.74, 6) is 2.35. The van der Waals surface area contributed by atoms with Gasteiger partial charge in [-0.25, -0.2) is 4.79 Å². The summed E-state index contributed by atoms with van der Waals surface area (Å²) in [6, 6.07) is 17.1. The standard InChI is InChI=1S/C25H22ClN3O4/c1-15-12-16(26)4-9-21(15)29(25(27)30)17-5-7-18(8-6-17)33-22-10-11-28-20-14-24(32-3)23(31-2)13-19(20)22/h4-14H,1-3H3,(H2,27,30). The smallest absolute Gasteiger partial charge is 0.323 e. The monoisotopic (exact) mass is 463 g/mol. The van der Waals surface area contributed by atoms with Gasteiger partial charge in [-0.1, -0.05) is 11.6 Å². The van der Waals surface area contributed by atoms with E-state index in [4.69, 9.17) is 31.5 Å². The first-order valence-electron chi connectivity index (χ1n) is 10.1. The number of hydrogen-bond donors (Lipinski definition) is 1. The van der Waals surface area contributed by atoms with Crippen molar-refractivity contribution in [1.29, 1.82) is 0 Å². The Morgan fingerprint density at radius 1 is 0.939 bits per heavy atom. The first-order valence-corrected chi connectivity index (χ1v) is 10.4. The van der Waals surface area contributed by atoms with Crippen LogP contribution in [-0.4, -0.2) is 25.2 Å². The van der Waals surface area contributed by atoms with E-state index in [1.807, 2.05) is 13.0 Å². The number of rotatable bonds is 6. The van der Waals surface area contributed by atoms with Crippen molar-refractivity contribution in [3.63, 3.8) is 0 Å². The fraction of sp³-hybridized carbons (Fsp3) is 0.120. The number of aryl methyl sites for hydroxylation is 1. The van der Waals surface area contributed by atoms with Crippen molar-refractivity contribution in [2.24, 2.45) is 5.73 Å². The molecule has 1 heterocycles. The van der Waals surface area contributed by atoms with Crippen LogP contribution in [0, 0.1) is 6.92 Å². The fourth-order valence-corrected chi connectivity index (χ4v) is 3.81. The van der Waals surface area contributed by atoms with Gasteiger partial charge < -0.3 is 19.9 Å². The molecule has 4 aromatic rings. The van der Waals surface area contributed by atoms with Gasteiger partial charge in [0.15, 0.2) is 11.5 Å². The lowest BCUT2D eigenvalue weighted by Crippen LogP contribution is -2.31. The number of nitrogens with zero attached hydrogens (tertiary/aromatic N) is 2. The predicted molar refractivity (Wildman–Crippen MR) is 129 cm³/mol. The molecule has 168 valence electrons. The van der Waals surface area contributed by atoms with Crippen LogP contribution >= 0.6 is 11.6 Å². The molecule has 0 unspecified atom stereocenters. The van der Waals surface area contributed by atoms with Crippen molar-refractivity contribution in [2.45, 2.75) is 6.92 Å². The molecule has 0 spiro atoms. The van der Waals surface area contributed by atoms with E-state index < -0.39 is 6.03 Å². The van der Waals surface area contributed by atoms with E-state index >= 15 is 0 Å². The van der Waals surface area contributed by atoms with Crippen LogP contribution in [0.15, 0.2) is 66.9 Å². The third kappa shape index (κ3) is 4.49. The van der Waals surface area contributed by atoms with Crippen LogP contribution in [0.2, 0.25) is 5.02 Å². The first kappa shape index (κ1) is 22.2. The number of nitrogens with two attached hydrogens (primary N) is 1. The van der Waals surface area contributed by atoms with E-state index in [0.717, 1.165) is 10.9 Å². The summed E-state index contributed by atoms with van der Waals surface area (Å²) in [4.78, 5) is 18.0. The number of halogens is 1. The summed E-state index contributed by atoms with van der Waals surface area (Å²) in [6.45, 7) is 1.87. The molecule has 0 radical (unpaired) electrons. The van der Waals surface area contributed by atoms with Gasteiger partial charge in [-0.15, -0.1) is 0 Å². The molecule has 1 aromatic heterocycles. The average Bonchev–Trinajstić information content (AvgIpc) is 2.81. The minimum atomic E-state index is -0.602. The molecule has 3 aromatic carbocycles. The highest BCUT2D eigenvalue weighted by molar-refractivity contribution is 6.30. The number of urea groups is 1. The predicted octanol–water partition coefficient (Wildman–Crippen LogP) is 6.22. The zero-order valence-electron chi connectivity index (χ0n) is 18.3. The van der Waals surface area contributed by atoms with Gasteiger partial charge in [0.2, 0.25) is 0 Å². The van der Waals surface area contributed by atoms with Crippen molar-refractivity contribution < 1.29 is 19.0 Å². The second kappa shape index (κ2) is 9.26. The molecule has 2 amide bonds. The molecular weight excluding hydrogens is 442 g/mol. The SMILES string of the molecule is COc1cc2nccc(Oc3ccc(N(C(N)=O)c4ccc(Cl)cc4C)cc3)c2cc1OC. The van der Waals surface area contributed by atoms with Gasteiger partial charge in [-0.05, 0) is 67.1 Å². The number of primary amides is 1. The van der Waals surface area contributed by atoms with Crippen LogP contribution in [0.3, 0.4) is 0 Å². The normalized spacial score (nSPS) is 10.7. The lowest BCUT2D eigenvalue weighted by atomic mass is 10.1. The largest absolute Gasteiger partial charge is 0.493 e. The molecule has 0 atom stereocenters. The highest BCUT2D eigenvalue weighted by Gasteiger charge is 2.18. The van der Waals surface area contributed by atoms with E-state index in [9.17, 15) is 4.79 Å². The molecular formula is C25H22ClN3O4. The van der Waals surface area contributed by atoms with Crippen molar-refractivity contribution in [3.05, 3.63) is 77.4 Å². The fourth-order valence-electron chi connectivity index (χ4n) is 3.58. The summed E-state index contributed by atoms with van der Waals surface area (Å²) < 4.78 is 16.9. The second-order valence-corrected chi connectivity index (χ2v) is 7.67. The number of anilines is 2.